The molecule has 1 fully saturated rings. The summed E-state index contributed by atoms with van der Waals surface area (Å²) in [6, 6.07) is 20.6. The zero-order chi connectivity index (χ0) is 21.3. The summed E-state index contributed by atoms with van der Waals surface area (Å²) >= 11 is 7.57. The molecule has 2 amide bonds. The van der Waals surface area contributed by atoms with Crippen molar-refractivity contribution in [1.29, 1.82) is 0 Å². The minimum Gasteiger partial charge on any atom is -0.322 e. The van der Waals surface area contributed by atoms with Crippen LogP contribution >= 0.6 is 23.4 Å². The first-order chi connectivity index (χ1) is 14.4. The van der Waals surface area contributed by atoms with E-state index in [0.717, 1.165) is 16.8 Å². The molecular formula is C24H21ClN2O2S. The smallest absolute Gasteiger partial charge is 0.255 e. The van der Waals surface area contributed by atoms with Crippen LogP contribution in [0.15, 0.2) is 66.7 Å². The summed E-state index contributed by atoms with van der Waals surface area (Å²) in [7, 11) is 0. The topological polar surface area (TPSA) is 49.4 Å². The molecule has 30 heavy (non-hydrogen) atoms. The van der Waals surface area contributed by atoms with Gasteiger partial charge in [-0.05, 0) is 73.0 Å². The second-order valence-electron chi connectivity index (χ2n) is 7.28. The summed E-state index contributed by atoms with van der Waals surface area (Å²) in [4.78, 5) is 26.9. The predicted molar refractivity (Wildman–Crippen MR) is 124 cm³/mol. The highest BCUT2D eigenvalue weighted by Crippen LogP contribution is 2.42. The van der Waals surface area contributed by atoms with Gasteiger partial charge in [-0.3, -0.25) is 14.5 Å². The third kappa shape index (κ3) is 4.23. The number of carbonyl (C=O) groups is 2. The second kappa shape index (κ2) is 8.54. The number of nitrogens with zero attached hydrogens (tertiary/aromatic N) is 1. The molecule has 1 saturated heterocycles. The van der Waals surface area contributed by atoms with Gasteiger partial charge in [0.25, 0.3) is 5.91 Å². The summed E-state index contributed by atoms with van der Waals surface area (Å²) in [6.45, 7) is 4.12. The van der Waals surface area contributed by atoms with Crippen LogP contribution in [0, 0.1) is 13.8 Å². The van der Waals surface area contributed by atoms with Crippen molar-refractivity contribution in [3.05, 3.63) is 94.0 Å². The molecule has 0 radical (unpaired) electrons. The third-order valence-electron chi connectivity index (χ3n) is 5.18. The molecule has 1 atom stereocenters. The van der Waals surface area contributed by atoms with Crippen LogP contribution in [-0.4, -0.2) is 17.6 Å². The first-order valence-electron chi connectivity index (χ1n) is 9.60. The van der Waals surface area contributed by atoms with Crippen molar-refractivity contribution in [2.75, 3.05) is 16.0 Å². The van der Waals surface area contributed by atoms with E-state index < -0.39 is 0 Å². The van der Waals surface area contributed by atoms with Crippen molar-refractivity contribution >= 4 is 46.6 Å². The van der Waals surface area contributed by atoms with E-state index in [0.29, 0.717) is 22.0 Å². The number of benzene rings is 3. The summed E-state index contributed by atoms with van der Waals surface area (Å²) < 4.78 is 0. The maximum absolute atomic E-state index is 12.6. The fourth-order valence-electron chi connectivity index (χ4n) is 3.39. The van der Waals surface area contributed by atoms with Crippen LogP contribution in [0.4, 0.5) is 11.4 Å². The number of hydrogen-bond acceptors (Lipinski definition) is 3. The van der Waals surface area contributed by atoms with Crippen molar-refractivity contribution in [2.45, 2.75) is 19.2 Å². The number of thioether (sulfide) groups is 1. The van der Waals surface area contributed by atoms with Crippen LogP contribution in [0.5, 0.6) is 0 Å². The molecule has 3 aromatic carbocycles. The molecule has 1 aliphatic heterocycles. The average Bonchev–Trinajstić information content (AvgIpc) is 3.12. The van der Waals surface area contributed by atoms with Crippen LogP contribution < -0.4 is 10.2 Å². The molecule has 0 aromatic heterocycles. The molecule has 3 aromatic rings. The minimum atomic E-state index is -0.215. The van der Waals surface area contributed by atoms with Crippen LogP contribution in [0.3, 0.4) is 0 Å². The highest BCUT2D eigenvalue weighted by molar-refractivity contribution is 8.00. The Hall–Kier alpha value is -2.76. The normalized spacial score (nSPS) is 16.0. The van der Waals surface area contributed by atoms with Crippen LogP contribution in [-0.2, 0) is 4.79 Å². The highest BCUT2D eigenvalue weighted by Gasteiger charge is 2.34. The Morgan fingerprint density at radius 3 is 2.50 bits per heavy atom. The number of hydrogen-bond donors (Lipinski definition) is 1. The predicted octanol–water partition coefficient (Wildman–Crippen LogP) is 5.99. The van der Waals surface area contributed by atoms with Gasteiger partial charge >= 0.3 is 0 Å². The lowest BCUT2D eigenvalue weighted by Gasteiger charge is -2.25. The lowest BCUT2D eigenvalue weighted by molar-refractivity contribution is -0.115. The van der Waals surface area contributed by atoms with Gasteiger partial charge in [0.05, 0.1) is 5.75 Å². The van der Waals surface area contributed by atoms with E-state index in [1.54, 1.807) is 36.0 Å². The first kappa shape index (κ1) is 20.5. The molecule has 6 heteroatoms. The van der Waals surface area contributed by atoms with Crippen molar-refractivity contribution in [3.8, 4) is 0 Å². The Bertz CT molecular complexity index is 1110. The van der Waals surface area contributed by atoms with Gasteiger partial charge in [-0.25, -0.2) is 0 Å². The number of amides is 2. The van der Waals surface area contributed by atoms with E-state index in [1.807, 2.05) is 41.3 Å². The van der Waals surface area contributed by atoms with Crippen LogP contribution in [0.2, 0.25) is 5.02 Å². The Labute approximate surface area is 185 Å². The Morgan fingerprint density at radius 1 is 1.03 bits per heavy atom. The quantitative estimate of drug-likeness (QED) is 0.546. The SMILES string of the molecule is Cc1ccc(N2C(=O)CS[C@H]2c2ccc(NC(=O)c3cccc(Cl)c3)cc2)cc1C. The molecule has 4 rings (SSSR count). The van der Waals surface area contributed by atoms with Gasteiger partial charge in [-0.15, -0.1) is 11.8 Å². The lowest BCUT2D eigenvalue weighted by atomic mass is 10.1. The van der Waals surface area contributed by atoms with Gasteiger partial charge in [0.2, 0.25) is 5.91 Å². The van der Waals surface area contributed by atoms with Gasteiger partial charge < -0.3 is 5.32 Å². The van der Waals surface area contributed by atoms with Crippen molar-refractivity contribution in [1.82, 2.24) is 0 Å². The summed E-state index contributed by atoms with van der Waals surface area (Å²) in [5.74, 6) is 0.337. The molecule has 4 nitrogen and oxygen atoms in total. The first-order valence-corrected chi connectivity index (χ1v) is 11.0. The fourth-order valence-corrected chi connectivity index (χ4v) is 4.76. The molecule has 0 aliphatic carbocycles. The van der Waals surface area contributed by atoms with E-state index in [4.69, 9.17) is 11.6 Å². The maximum atomic E-state index is 12.6. The van der Waals surface area contributed by atoms with Crippen LogP contribution in [0.1, 0.15) is 32.4 Å². The largest absolute Gasteiger partial charge is 0.322 e. The zero-order valence-electron chi connectivity index (χ0n) is 16.7. The molecule has 0 bridgehead atoms. The van der Waals surface area contributed by atoms with Crippen LogP contribution in [0.25, 0.3) is 0 Å². The van der Waals surface area contributed by atoms with Gasteiger partial charge in [0.1, 0.15) is 5.37 Å². The molecule has 0 unspecified atom stereocenters. The maximum Gasteiger partial charge on any atom is 0.255 e. The standard InChI is InChI=1S/C24H21ClN2O2S/c1-15-6-11-21(12-16(15)2)27-22(28)14-30-24(27)17-7-9-20(10-8-17)26-23(29)18-4-3-5-19(25)13-18/h3-13,24H,14H2,1-2H3,(H,26,29)/t24-/m0/s1. The number of rotatable bonds is 4. The van der Waals surface area contributed by atoms with Crippen molar-refractivity contribution in [3.63, 3.8) is 0 Å². The van der Waals surface area contributed by atoms with Crippen molar-refractivity contribution in [2.24, 2.45) is 0 Å². The van der Waals surface area contributed by atoms with E-state index in [-0.39, 0.29) is 17.2 Å². The molecule has 152 valence electrons. The molecular weight excluding hydrogens is 416 g/mol. The van der Waals surface area contributed by atoms with E-state index >= 15 is 0 Å². The molecule has 0 spiro atoms. The Morgan fingerprint density at radius 2 is 1.80 bits per heavy atom. The van der Waals surface area contributed by atoms with Gasteiger partial charge in [-0.1, -0.05) is 35.9 Å². The van der Waals surface area contributed by atoms with E-state index in [1.165, 1.54) is 5.56 Å². The number of carbonyl (C=O) groups excluding carboxylic acids is 2. The van der Waals surface area contributed by atoms with Gasteiger partial charge in [0.15, 0.2) is 0 Å². The summed E-state index contributed by atoms with van der Waals surface area (Å²) in [5, 5.41) is 3.32. The average molecular weight is 437 g/mol. The summed E-state index contributed by atoms with van der Waals surface area (Å²) in [5.41, 5.74) is 5.49. The Balaban J connectivity index is 1.53. The third-order valence-corrected chi connectivity index (χ3v) is 6.62. The lowest BCUT2D eigenvalue weighted by Crippen LogP contribution is -2.27. The van der Waals surface area contributed by atoms with Crippen molar-refractivity contribution < 1.29 is 9.59 Å². The molecule has 0 saturated carbocycles. The van der Waals surface area contributed by atoms with E-state index in [9.17, 15) is 9.59 Å². The monoisotopic (exact) mass is 436 g/mol. The summed E-state index contributed by atoms with van der Waals surface area (Å²) in [6.07, 6.45) is 0. The molecule has 1 N–H and O–H groups in total. The fraction of sp³-hybridized carbons (Fsp3) is 0.167. The number of nitrogens with one attached hydrogen (secondary N) is 1. The van der Waals surface area contributed by atoms with Gasteiger partial charge in [-0.2, -0.15) is 0 Å². The number of aryl methyl sites for hydroxylation is 2. The molecule has 1 heterocycles. The second-order valence-corrected chi connectivity index (χ2v) is 8.79. The number of anilines is 2. The van der Waals surface area contributed by atoms with Gasteiger partial charge in [0, 0.05) is 22.0 Å². The highest BCUT2D eigenvalue weighted by atomic mass is 35.5. The number of halogens is 1. The Kier molecular flexibility index (Phi) is 5.84. The molecule has 1 aliphatic rings. The van der Waals surface area contributed by atoms with E-state index in [2.05, 4.69) is 25.2 Å². The minimum absolute atomic E-state index is 0.0858. The zero-order valence-corrected chi connectivity index (χ0v) is 18.3.